The molecule has 0 atom stereocenters. The van der Waals surface area contributed by atoms with Crippen molar-refractivity contribution in [2.45, 2.75) is 20.4 Å². The maximum absolute atomic E-state index is 13.0. The minimum Gasteiger partial charge on any atom is -0.496 e. The van der Waals surface area contributed by atoms with Crippen LogP contribution in [0.5, 0.6) is 5.75 Å². The second kappa shape index (κ2) is 7.49. The maximum atomic E-state index is 13.0. The Labute approximate surface area is 153 Å². The van der Waals surface area contributed by atoms with Gasteiger partial charge in [0.05, 0.1) is 17.1 Å². The SMILES string of the molecule is COc1cc(C[N+](=O)[O-])c(C(=O)c2cc([N+](=O)[O-])ccc2Cl)c(C)c1C. The molecule has 0 aliphatic heterocycles. The van der Waals surface area contributed by atoms with E-state index >= 15 is 0 Å². The summed E-state index contributed by atoms with van der Waals surface area (Å²) in [5, 5.41) is 22.0. The monoisotopic (exact) mass is 378 g/mol. The first-order valence-corrected chi connectivity index (χ1v) is 7.82. The fourth-order valence-electron chi connectivity index (χ4n) is 2.68. The zero-order chi connectivity index (χ0) is 19.6. The van der Waals surface area contributed by atoms with Gasteiger partial charge in [-0.25, -0.2) is 0 Å². The fraction of sp³-hybridized carbons (Fsp3) is 0.235. The number of nitrogens with zero attached hydrogens (tertiary/aromatic N) is 2. The van der Waals surface area contributed by atoms with Crippen LogP contribution in [-0.2, 0) is 6.54 Å². The second-order valence-electron chi connectivity index (χ2n) is 5.60. The molecule has 0 bridgehead atoms. The molecule has 0 spiro atoms. The topological polar surface area (TPSA) is 113 Å². The molecule has 0 unspecified atom stereocenters. The molecule has 0 N–H and O–H groups in total. The molecular formula is C17H15ClN2O6. The Bertz CT molecular complexity index is 926. The average molecular weight is 379 g/mol. The number of non-ortho nitro benzene ring substituents is 1. The van der Waals surface area contributed by atoms with E-state index in [1.54, 1.807) is 13.8 Å². The van der Waals surface area contributed by atoms with Gasteiger partial charge in [-0.3, -0.25) is 25.0 Å². The number of ketones is 1. The lowest BCUT2D eigenvalue weighted by Crippen LogP contribution is -2.13. The van der Waals surface area contributed by atoms with E-state index in [1.807, 2.05) is 0 Å². The van der Waals surface area contributed by atoms with Crippen LogP contribution in [0.15, 0.2) is 24.3 Å². The van der Waals surface area contributed by atoms with Crippen molar-refractivity contribution >= 4 is 23.1 Å². The summed E-state index contributed by atoms with van der Waals surface area (Å²) in [5.74, 6) is -0.195. The Balaban J connectivity index is 2.72. The van der Waals surface area contributed by atoms with Gasteiger partial charge in [-0.1, -0.05) is 11.6 Å². The van der Waals surface area contributed by atoms with E-state index in [0.29, 0.717) is 16.9 Å². The number of carbonyl (C=O) groups excluding carboxylic acids is 1. The first-order valence-electron chi connectivity index (χ1n) is 7.44. The molecule has 0 radical (unpaired) electrons. The zero-order valence-corrected chi connectivity index (χ0v) is 15.0. The van der Waals surface area contributed by atoms with Crippen LogP contribution in [0.4, 0.5) is 5.69 Å². The van der Waals surface area contributed by atoms with Crippen molar-refractivity contribution in [3.63, 3.8) is 0 Å². The van der Waals surface area contributed by atoms with Crippen molar-refractivity contribution in [1.29, 1.82) is 0 Å². The largest absolute Gasteiger partial charge is 0.496 e. The first-order chi connectivity index (χ1) is 12.2. The Hall–Kier alpha value is -3.00. The average Bonchev–Trinajstić information content (AvgIpc) is 2.57. The molecule has 2 rings (SSSR count). The molecule has 0 amide bonds. The Kier molecular flexibility index (Phi) is 5.56. The predicted octanol–water partition coefficient (Wildman–Crippen LogP) is 3.88. The number of ether oxygens (including phenoxy) is 1. The van der Waals surface area contributed by atoms with Gasteiger partial charge in [0.25, 0.3) is 5.69 Å². The lowest BCUT2D eigenvalue weighted by Gasteiger charge is -2.16. The molecule has 0 aromatic heterocycles. The summed E-state index contributed by atoms with van der Waals surface area (Å²) < 4.78 is 5.21. The van der Waals surface area contributed by atoms with Gasteiger partial charge in [0.2, 0.25) is 6.54 Å². The van der Waals surface area contributed by atoms with Crippen molar-refractivity contribution < 1.29 is 19.4 Å². The Morgan fingerprint density at radius 3 is 2.35 bits per heavy atom. The van der Waals surface area contributed by atoms with E-state index < -0.39 is 22.2 Å². The molecule has 0 fully saturated rings. The molecule has 0 saturated carbocycles. The third-order valence-corrected chi connectivity index (χ3v) is 4.41. The number of hydrogen-bond acceptors (Lipinski definition) is 6. The van der Waals surface area contributed by atoms with Crippen LogP contribution in [0, 0.1) is 34.1 Å². The van der Waals surface area contributed by atoms with Crippen LogP contribution in [0.1, 0.15) is 32.6 Å². The van der Waals surface area contributed by atoms with Crippen LogP contribution in [0.3, 0.4) is 0 Å². The van der Waals surface area contributed by atoms with Crippen molar-refractivity contribution in [2.24, 2.45) is 0 Å². The van der Waals surface area contributed by atoms with E-state index in [1.165, 1.54) is 25.3 Å². The zero-order valence-electron chi connectivity index (χ0n) is 14.2. The quantitative estimate of drug-likeness (QED) is 0.428. The number of halogens is 1. The minimum atomic E-state index is -0.642. The van der Waals surface area contributed by atoms with E-state index in [-0.39, 0.29) is 27.4 Å². The number of rotatable bonds is 6. The predicted molar refractivity (Wildman–Crippen MR) is 94.7 cm³/mol. The van der Waals surface area contributed by atoms with Gasteiger partial charge < -0.3 is 4.74 Å². The molecule has 9 heteroatoms. The third kappa shape index (κ3) is 3.65. The van der Waals surface area contributed by atoms with Crippen LogP contribution in [0.2, 0.25) is 5.02 Å². The number of nitro benzene ring substituents is 1. The molecule has 0 aliphatic carbocycles. The van der Waals surface area contributed by atoms with Gasteiger partial charge in [0, 0.05) is 33.7 Å². The van der Waals surface area contributed by atoms with E-state index in [0.717, 1.165) is 6.07 Å². The Morgan fingerprint density at radius 1 is 1.15 bits per heavy atom. The molecule has 8 nitrogen and oxygen atoms in total. The summed E-state index contributed by atoms with van der Waals surface area (Å²) in [7, 11) is 1.43. The summed E-state index contributed by atoms with van der Waals surface area (Å²) in [4.78, 5) is 33.9. The lowest BCUT2D eigenvalue weighted by molar-refractivity contribution is -0.496. The molecule has 136 valence electrons. The lowest BCUT2D eigenvalue weighted by atomic mass is 9.90. The number of benzene rings is 2. The summed E-state index contributed by atoms with van der Waals surface area (Å²) in [5.41, 5.74) is 1.01. The molecular weight excluding hydrogens is 364 g/mol. The maximum Gasteiger partial charge on any atom is 0.270 e. The highest BCUT2D eigenvalue weighted by molar-refractivity contribution is 6.35. The summed E-state index contributed by atoms with van der Waals surface area (Å²) >= 11 is 6.05. The van der Waals surface area contributed by atoms with E-state index in [4.69, 9.17) is 16.3 Å². The van der Waals surface area contributed by atoms with Crippen molar-refractivity contribution in [2.75, 3.05) is 7.11 Å². The molecule has 0 aliphatic rings. The van der Waals surface area contributed by atoms with Gasteiger partial charge in [-0.2, -0.15) is 0 Å². The summed E-state index contributed by atoms with van der Waals surface area (Å²) in [6, 6.07) is 4.94. The molecule has 2 aromatic rings. The van der Waals surface area contributed by atoms with Crippen LogP contribution in [0.25, 0.3) is 0 Å². The van der Waals surface area contributed by atoms with Gasteiger partial charge in [0.15, 0.2) is 5.78 Å². The van der Waals surface area contributed by atoms with Crippen LogP contribution >= 0.6 is 11.6 Å². The van der Waals surface area contributed by atoms with Gasteiger partial charge in [0.1, 0.15) is 5.75 Å². The molecule has 26 heavy (non-hydrogen) atoms. The minimum absolute atomic E-state index is 0.0283. The van der Waals surface area contributed by atoms with Gasteiger partial charge >= 0.3 is 0 Å². The second-order valence-corrected chi connectivity index (χ2v) is 6.01. The molecule has 0 saturated heterocycles. The number of hydrogen-bond donors (Lipinski definition) is 0. The Morgan fingerprint density at radius 2 is 1.81 bits per heavy atom. The van der Waals surface area contributed by atoms with Gasteiger partial charge in [-0.15, -0.1) is 0 Å². The summed E-state index contributed by atoms with van der Waals surface area (Å²) in [6.07, 6.45) is 0. The van der Waals surface area contributed by atoms with Crippen molar-refractivity contribution in [3.05, 3.63) is 77.3 Å². The molecule has 0 heterocycles. The third-order valence-electron chi connectivity index (χ3n) is 4.09. The van der Waals surface area contributed by atoms with Crippen LogP contribution in [-0.4, -0.2) is 22.7 Å². The van der Waals surface area contributed by atoms with Crippen molar-refractivity contribution in [1.82, 2.24) is 0 Å². The standard InChI is InChI=1S/C17H15ClN2O6/c1-9-10(2)16(11(8-19(22)23)6-15(9)26-3)17(21)13-7-12(20(24)25)4-5-14(13)18/h4-7H,8H2,1-3H3. The van der Waals surface area contributed by atoms with Gasteiger partial charge in [-0.05, 0) is 37.1 Å². The number of methoxy groups -OCH3 is 1. The first kappa shape index (κ1) is 19.3. The van der Waals surface area contributed by atoms with Crippen molar-refractivity contribution in [3.8, 4) is 5.75 Å². The van der Waals surface area contributed by atoms with E-state index in [9.17, 15) is 25.0 Å². The highest BCUT2D eigenvalue weighted by atomic mass is 35.5. The van der Waals surface area contributed by atoms with Crippen LogP contribution < -0.4 is 4.74 Å². The highest BCUT2D eigenvalue weighted by Gasteiger charge is 2.25. The fourth-order valence-corrected chi connectivity index (χ4v) is 2.88. The van der Waals surface area contributed by atoms with E-state index in [2.05, 4.69) is 0 Å². The normalized spacial score (nSPS) is 10.5. The smallest absolute Gasteiger partial charge is 0.270 e. The number of nitro groups is 2. The molecule has 2 aromatic carbocycles. The summed E-state index contributed by atoms with van der Waals surface area (Å²) in [6.45, 7) is 2.76. The highest BCUT2D eigenvalue weighted by Crippen LogP contribution is 2.32. The number of carbonyl (C=O) groups is 1.